The Kier molecular flexibility index (Phi) is 10.3. The largest absolute Gasteiger partial charge is 0.461 e. The van der Waals surface area contributed by atoms with Gasteiger partial charge in [-0.1, -0.05) is 72.8 Å². The van der Waals surface area contributed by atoms with Gasteiger partial charge in [0.15, 0.2) is 0 Å². The molecule has 250 valence electrons. The van der Waals surface area contributed by atoms with Gasteiger partial charge in [-0.25, -0.2) is 26.8 Å². The van der Waals surface area contributed by atoms with E-state index >= 15 is 0 Å². The summed E-state index contributed by atoms with van der Waals surface area (Å²) in [5.74, 6) is -1.97. The highest BCUT2D eigenvalue weighted by Crippen LogP contribution is 2.34. The van der Waals surface area contributed by atoms with Crippen molar-refractivity contribution in [2.75, 3.05) is 17.6 Å². The molecule has 13 nitrogen and oxygen atoms in total. The van der Waals surface area contributed by atoms with Crippen LogP contribution in [-0.4, -0.2) is 58.1 Å². The Morgan fingerprint density at radius 2 is 1.81 bits per heavy atom. The van der Waals surface area contributed by atoms with Crippen LogP contribution in [0.4, 0.5) is 5.69 Å². The summed E-state index contributed by atoms with van der Waals surface area (Å²) in [5.41, 5.74) is -0.279. The first kappa shape index (κ1) is 34.8. The first-order chi connectivity index (χ1) is 22.2. The summed E-state index contributed by atoms with van der Waals surface area (Å²) in [4.78, 5) is 37.5. The monoisotopic (exact) mass is 722 g/mol. The number of hydrogen-bond donors (Lipinski definition) is 4. The van der Waals surface area contributed by atoms with Crippen LogP contribution < -0.4 is 25.2 Å². The lowest BCUT2D eigenvalue weighted by Gasteiger charge is -2.29. The molecular formula is C30H31ClN4O9S3. The van der Waals surface area contributed by atoms with Crippen LogP contribution in [0.3, 0.4) is 0 Å². The molecule has 1 fully saturated rings. The molecular weight excluding hydrogens is 692 g/mol. The van der Waals surface area contributed by atoms with Crippen molar-refractivity contribution in [3.63, 3.8) is 0 Å². The lowest BCUT2D eigenvalue weighted by molar-refractivity contribution is -0.175. The van der Waals surface area contributed by atoms with Gasteiger partial charge in [-0.15, -0.1) is 0 Å². The molecule has 2 unspecified atom stereocenters. The van der Waals surface area contributed by atoms with Gasteiger partial charge in [0.05, 0.1) is 22.8 Å². The van der Waals surface area contributed by atoms with Crippen molar-refractivity contribution in [3.8, 4) is 5.75 Å². The summed E-state index contributed by atoms with van der Waals surface area (Å²) in [7, 11) is -8.36. The Morgan fingerprint density at radius 3 is 2.45 bits per heavy atom. The fourth-order valence-electron chi connectivity index (χ4n) is 5.00. The third-order valence-corrected chi connectivity index (χ3v) is 11.5. The number of nitrogens with two attached hydrogens (primary N) is 1. The second-order valence-corrected chi connectivity index (χ2v) is 15.6. The van der Waals surface area contributed by atoms with Gasteiger partial charge in [-0.05, 0) is 42.8 Å². The smallest absolute Gasteiger partial charge is 0.374 e. The van der Waals surface area contributed by atoms with Gasteiger partial charge in [0.25, 0.3) is 5.72 Å². The minimum atomic E-state index is -4.25. The van der Waals surface area contributed by atoms with Crippen molar-refractivity contribution < 1.29 is 40.7 Å². The fraction of sp³-hybridized carbons (Fsp3) is 0.300. The zero-order chi connectivity index (χ0) is 34.0. The number of fused-ring (bicyclic) bond motifs is 1. The Hall–Kier alpha value is -3.51. The molecule has 3 atom stereocenters. The van der Waals surface area contributed by atoms with Crippen LogP contribution in [0.1, 0.15) is 35.7 Å². The van der Waals surface area contributed by atoms with Gasteiger partial charge >= 0.3 is 11.9 Å². The molecule has 5 rings (SSSR count). The minimum Gasteiger partial charge on any atom is -0.461 e. The van der Waals surface area contributed by atoms with Crippen molar-refractivity contribution in [1.29, 1.82) is 0 Å². The Morgan fingerprint density at radius 1 is 1.11 bits per heavy atom. The van der Waals surface area contributed by atoms with Gasteiger partial charge in [-0.3, -0.25) is 14.9 Å². The normalized spacial score (nSPS) is 20.8. The lowest BCUT2D eigenvalue weighted by Crippen LogP contribution is -2.54. The molecule has 0 saturated carbocycles. The van der Waals surface area contributed by atoms with E-state index < -0.39 is 54.7 Å². The van der Waals surface area contributed by atoms with Crippen molar-refractivity contribution in [2.45, 2.75) is 47.9 Å². The number of benzene rings is 3. The molecule has 0 spiro atoms. The zero-order valence-electron chi connectivity index (χ0n) is 24.9. The van der Waals surface area contributed by atoms with Crippen molar-refractivity contribution >= 4 is 66.2 Å². The Bertz CT molecular complexity index is 1900. The van der Waals surface area contributed by atoms with Crippen molar-refractivity contribution in [2.24, 2.45) is 11.1 Å². The summed E-state index contributed by atoms with van der Waals surface area (Å²) in [6, 6.07) is 17.3. The number of primary sulfonamides is 1. The van der Waals surface area contributed by atoms with Crippen LogP contribution >= 0.6 is 23.4 Å². The van der Waals surface area contributed by atoms with E-state index in [-0.39, 0.29) is 39.3 Å². The van der Waals surface area contributed by atoms with Crippen LogP contribution in [0.5, 0.6) is 5.75 Å². The number of carbonyl (C=O) groups excluding carboxylic acids is 3. The summed E-state index contributed by atoms with van der Waals surface area (Å²) in [6.07, 6.45) is 0.216. The molecule has 17 heteroatoms. The molecule has 3 aromatic rings. The quantitative estimate of drug-likeness (QED) is 0.176. The van der Waals surface area contributed by atoms with E-state index in [0.717, 1.165) is 17.8 Å². The zero-order valence-corrected chi connectivity index (χ0v) is 28.1. The van der Waals surface area contributed by atoms with Crippen LogP contribution in [0.25, 0.3) is 0 Å². The lowest BCUT2D eigenvalue weighted by atomic mass is 10.1. The molecule has 2 aliphatic rings. The predicted octanol–water partition coefficient (Wildman–Crippen LogP) is 3.00. The molecule has 3 aromatic carbocycles. The SMILES string of the molecule is CC(CSC(=O)c1ccccc1)C(=O)OC(=O)[C@]1(Oc2ccc(CC3Nc4cc(Cl)c(S(N)(=O)=O)cc4S(=O)(=O)N3)cc2)CCCN1. The van der Waals surface area contributed by atoms with E-state index in [9.17, 15) is 31.2 Å². The van der Waals surface area contributed by atoms with Crippen molar-refractivity contribution in [1.82, 2.24) is 10.0 Å². The molecule has 0 bridgehead atoms. The van der Waals surface area contributed by atoms with Crippen LogP contribution in [0.2, 0.25) is 5.02 Å². The molecule has 0 radical (unpaired) electrons. The first-order valence-corrected chi connectivity index (χ1v) is 18.7. The predicted molar refractivity (Wildman–Crippen MR) is 175 cm³/mol. The number of rotatable bonds is 10. The van der Waals surface area contributed by atoms with Gasteiger partial charge in [0.1, 0.15) is 15.5 Å². The van der Waals surface area contributed by atoms with Crippen molar-refractivity contribution in [3.05, 3.63) is 82.9 Å². The molecule has 0 amide bonds. The summed E-state index contributed by atoms with van der Waals surface area (Å²) in [6.45, 7) is 2.03. The summed E-state index contributed by atoms with van der Waals surface area (Å²) in [5, 5.41) is 10.7. The van der Waals surface area contributed by atoms with E-state index in [1.54, 1.807) is 61.5 Å². The van der Waals surface area contributed by atoms with Crippen LogP contribution in [0, 0.1) is 5.92 Å². The molecule has 2 heterocycles. The third kappa shape index (κ3) is 8.14. The topological polar surface area (TPSA) is 200 Å². The molecule has 5 N–H and O–H groups in total. The highest BCUT2D eigenvalue weighted by Gasteiger charge is 2.46. The Labute approximate surface area is 281 Å². The highest BCUT2D eigenvalue weighted by molar-refractivity contribution is 8.14. The van der Waals surface area contributed by atoms with E-state index in [1.165, 1.54) is 6.07 Å². The van der Waals surface area contributed by atoms with Crippen LogP contribution in [0.15, 0.2) is 76.5 Å². The number of carbonyl (C=O) groups is 3. The second-order valence-electron chi connectivity index (χ2n) is 11.0. The standard InChI is InChI=1S/C30H31ClN4O9S3/c1-18(17-45-28(37)20-6-3-2-4-7-20)27(36)43-29(38)30(12-5-13-33-30)44-21-10-8-19(9-11-21)14-26-34-23-15-22(31)24(46(32,39)40)16-25(23)47(41,42)35-26/h2-4,6-11,15-16,18,26,33-35H,5,12-14,17H2,1H3,(H2,32,39,40)/t18?,26?,30-/m1/s1. The van der Waals surface area contributed by atoms with E-state index in [2.05, 4.69) is 15.4 Å². The molecule has 1 saturated heterocycles. The number of esters is 2. The van der Waals surface area contributed by atoms with Crippen LogP contribution in [-0.2, 0) is 40.8 Å². The Balaban J connectivity index is 1.20. The maximum Gasteiger partial charge on any atom is 0.374 e. The van der Waals surface area contributed by atoms with Gasteiger partial charge in [0, 0.05) is 24.2 Å². The number of halogens is 1. The maximum atomic E-state index is 13.2. The molecule has 0 aliphatic carbocycles. The second kappa shape index (κ2) is 13.9. The number of ether oxygens (including phenoxy) is 2. The van der Waals surface area contributed by atoms with E-state index in [4.69, 9.17) is 26.2 Å². The van der Waals surface area contributed by atoms with E-state index in [0.29, 0.717) is 29.8 Å². The number of nitrogens with one attached hydrogen (secondary N) is 3. The molecule has 2 aliphatic heterocycles. The maximum absolute atomic E-state index is 13.2. The van der Waals surface area contributed by atoms with Gasteiger partial charge in [-0.2, -0.15) is 4.72 Å². The number of anilines is 1. The molecule has 0 aromatic heterocycles. The number of thioether (sulfide) groups is 1. The fourth-order valence-corrected chi connectivity index (χ4v) is 8.34. The highest BCUT2D eigenvalue weighted by atomic mass is 35.5. The minimum absolute atomic E-state index is 0.115. The average molecular weight is 723 g/mol. The van der Waals surface area contributed by atoms with Gasteiger partial charge < -0.3 is 14.8 Å². The number of sulfonamides is 2. The first-order valence-electron chi connectivity index (χ1n) is 14.3. The average Bonchev–Trinajstić information content (AvgIpc) is 3.49. The summed E-state index contributed by atoms with van der Waals surface area (Å²) >= 11 is 7.03. The van der Waals surface area contributed by atoms with Gasteiger partial charge in [0.2, 0.25) is 25.2 Å². The van der Waals surface area contributed by atoms with E-state index in [1.807, 2.05) is 0 Å². The summed E-state index contributed by atoms with van der Waals surface area (Å²) < 4.78 is 63.1. The number of hydrogen-bond acceptors (Lipinski definition) is 12. The molecule has 47 heavy (non-hydrogen) atoms. The third-order valence-electron chi connectivity index (χ3n) is 7.43.